The van der Waals surface area contributed by atoms with Gasteiger partial charge in [0.2, 0.25) is 0 Å². The van der Waals surface area contributed by atoms with Gasteiger partial charge < -0.3 is 14.2 Å². The molecule has 156 valence electrons. The normalized spacial score (nSPS) is 11.0. The zero-order valence-corrected chi connectivity index (χ0v) is 17.7. The first-order chi connectivity index (χ1) is 13.5. The minimum absolute atomic E-state index is 0.252. The number of carbonyl (C=O) groups is 3. The van der Waals surface area contributed by atoms with E-state index in [-0.39, 0.29) is 6.54 Å². The number of likely N-dealkylation sites (N-methyl/N-ethyl adjacent to an activating group) is 1. The predicted octanol–water partition coefficient (Wildman–Crippen LogP) is 2.72. The molecule has 0 radical (unpaired) electrons. The number of amides is 3. The number of benzene rings is 1. The van der Waals surface area contributed by atoms with Crippen molar-refractivity contribution in [2.24, 2.45) is 0 Å². The number of hydrazine groups is 1. The number of para-hydroxylation sites is 1. The van der Waals surface area contributed by atoms with Crippen LogP contribution in [0, 0.1) is 13.8 Å². The second-order valence-electron chi connectivity index (χ2n) is 7.79. The molecule has 2 rings (SSSR count). The quantitative estimate of drug-likeness (QED) is 0.772. The van der Waals surface area contributed by atoms with Gasteiger partial charge in [-0.25, -0.2) is 4.79 Å². The fourth-order valence-corrected chi connectivity index (χ4v) is 2.82. The van der Waals surface area contributed by atoms with Crippen molar-refractivity contribution >= 4 is 17.9 Å². The van der Waals surface area contributed by atoms with Crippen LogP contribution in [-0.4, -0.2) is 46.6 Å². The largest absolute Gasteiger partial charge is 0.444 e. The third-order valence-electron chi connectivity index (χ3n) is 4.09. The van der Waals surface area contributed by atoms with Gasteiger partial charge in [0.1, 0.15) is 12.1 Å². The van der Waals surface area contributed by atoms with Crippen molar-refractivity contribution in [2.75, 3.05) is 13.6 Å². The lowest BCUT2D eigenvalue weighted by molar-refractivity contribution is -0.122. The zero-order chi connectivity index (χ0) is 21.8. The van der Waals surface area contributed by atoms with Crippen LogP contribution in [0.1, 0.15) is 42.5 Å². The number of rotatable bonds is 4. The number of hydrogen-bond donors (Lipinski definition) is 2. The third-order valence-corrected chi connectivity index (χ3v) is 4.09. The highest BCUT2D eigenvalue weighted by Crippen LogP contribution is 2.20. The Bertz CT molecular complexity index is 897. The fraction of sp³-hybridized carbons (Fsp3) is 0.381. The summed E-state index contributed by atoms with van der Waals surface area (Å²) in [6, 6.07) is 11.4. The minimum Gasteiger partial charge on any atom is -0.444 e. The molecule has 0 atom stereocenters. The number of ether oxygens (including phenoxy) is 1. The molecule has 8 heteroatoms. The minimum atomic E-state index is -0.655. The number of aryl methyl sites for hydroxylation is 1. The van der Waals surface area contributed by atoms with Crippen LogP contribution in [0.3, 0.4) is 0 Å². The maximum atomic E-state index is 12.5. The highest BCUT2D eigenvalue weighted by atomic mass is 16.6. The van der Waals surface area contributed by atoms with Crippen molar-refractivity contribution in [1.82, 2.24) is 20.3 Å². The highest BCUT2D eigenvalue weighted by molar-refractivity contribution is 5.97. The summed E-state index contributed by atoms with van der Waals surface area (Å²) in [5.74, 6) is -0.975. The average molecular weight is 400 g/mol. The average Bonchev–Trinajstić information content (AvgIpc) is 2.93. The Hall–Kier alpha value is -3.29. The summed E-state index contributed by atoms with van der Waals surface area (Å²) in [5, 5.41) is 0. The predicted molar refractivity (Wildman–Crippen MR) is 110 cm³/mol. The molecular formula is C21H28N4O4. The van der Waals surface area contributed by atoms with E-state index in [1.165, 1.54) is 7.05 Å². The van der Waals surface area contributed by atoms with E-state index in [1.807, 2.05) is 48.7 Å². The van der Waals surface area contributed by atoms with Gasteiger partial charge in [-0.05, 0) is 52.8 Å². The highest BCUT2D eigenvalue weighted by Gasteiger charge is 2.22. The molecule has 0 aliphatic heterocycles. The van der Waals surface area contributed by atoms with Crippen molar-refractivity contribution in [3.63, 3.8) is 0 Å². The molecule has 0 saturated carbocycles. The van der Waals surface area contributed by atoms with E-state index in [0.29, 0.717) is 5.56 Å². The number of aromatic nitrogens is 1. The summed E-state index contributed by atoms with van der Waals surface area (Å²) in [5.41, 5.74) is 7.12. The molecule has 3 amide bonds. The molecule has 8 nitrogen and oxygen atoms in total. The van der Waals surface area contributed by atoms with E-state index < -0.39 is 23.5 Å². The van der Waals surface area contributed by atoms with E-state index in [1.54, 1.807) is 26.8 Å². The van der Waals surface area contributed by atoms with Gasteiger partial charge in [-0.3, -0.25) is 20.4 Å². The SMILES string of the molecule is Cc1cc(C(=O)NNC(=O)CN(C)C(=O)OC(C)(C)C)c(C)n1-c1ccccc1. The van der Waals surface area contributed by atoms with E-state index >= 15 is 0 Å². The summed E-state index contributed by atoms with van der Waals surface area (Å²) in [7, 11) is 1.45. The summed E-state index contributed by atoms with van der Waals surface area (Å²) in [4.78, 5) is 37.6. The number of nitrogens with one attached hydrogen (secondary N) is 2. The van der Waals surface area contributed by atoms with Crippen LogP contribution in [0.5, 0.6) is 0 Å². The van der Waals surface area contributed by atoms with Gasteiger partial charge in [-0.2, -0.15) is 0 Å². The van der Waals surface area contributed by atoms with E-state index in [4.69, 9.17) is 4.74 Å². The molecular weight excluding hydrogens is 372 g/mol. The van der Waals surface area contributed by atoms with Crippen LogP contribution in [-0.2, 0) is 9.53 Å². The summed E-state index contributed by atoms with van der Waals surface area (Å²) in [6.45, 7) is 8.72. The summed E-state index contributed by atoms with van der Waals surface area (Å²) < 4.78 is 7.15. The fourth-order valence-electron chi connectivity index (χ4n) is 2.82. The van der Waals surface area contributed by atoms with Crippen molar-refractivity contribution < 1.29 is 19.1 Å². The molecule has 0 saturated heterocycles. The summed E-state index contributed by atoms with van der Waals surface area (Å²) >= 11 is 0. The smallest absolute Gasteiger partial charge is 0.410 e. The van der Waals surface area contributed by atoms with Crippen molar-refractivity contribution in [3.8, 4) is 5.69 Å². The summed E-state index contributed by atoms with van der Waals surface area (Å²) in [6.07, 6.45) is -0.620. The maximum absolute atomic E-state index is 12.5. The number of hydrogen-bond acceptors (Lipinski definition) is 4. The van der Waals surface area contributed by atoms with E-state index in [9.17, 15) is 14.4 Å². The molecule has 29 heavy (non-hydrogen) atoms. The molecule has 0 bridgehead atoms. The molecule has 0 aliphatic rings. The van der Waals surface area contributed by atoms with Crippen molar-refractivity contribution in [3.05, 3.63) is 53.3 Å². The topological polar surface area (TPSA) is 92.7 Å². The standard InChI is InChI=1S/C21H28N4O4/c1-14-12-17(15(2)25(14)16-10-8-7-9-11-16)19(27)23-22-18(26)13-24(6)20(28)29-21(3,4)5/h7-12H,13H2,1-6H3,(H,22,26)(H,23,27). The monoisotopic (exact) mass is 400 g/mol. The first kappa shape index (κ1) is 22.0. The Labute approximate surface area is 170 Å². The Morgan fingerprint density at radius 3 is 2.28 bits per heavy atom. The van der Waals surface area contributed by atoms with Gasteiger partial charge in [0, 0.05) is 24.1 Å². The first-order valence-corrected chi connectivity index (χ1v) is 9.27. The Balaban J connectivity index is 1.98. The maximum Gasteiger partial charge on any atom is 0.410 e. The second kappa shape index (κ2) is 8.81. The lowest BCUT2D eigenvalue weighted by atomic mass is 10.2. The first-order valence-electron chi connectivity index (χ1n) is 9.27. The molecule has 1 heterocycles. The second-order valence-corrected chi connectivity index (χ2v) is 7.79. The van der Waals surface area contributed by atoms with Crippen LogP contribution in [0.25, 0.3) is 5.69 Å². The van der Waals surface area contributed by atoms with Gasteiger partial charge >= 0.3 is 6.09 Å². The van der Waals surface area contributed by atoms with Gasteiger partial charge in [0.15, 0.2) is 0 Å². The molecule has 0 unspecified atom stereocenters. The van der Waals surface area contributed by atoms with Gasteiger partial charge in [0.25, 0.3) is 11.8 Å². The Morgan fingerprint density at radius 2 is 1.69 bits per heavy atom. The molecule has 2 N–H and O–H groups in total. The van der Waals surface area contributed by atoms with Crippen molar-refractivity contribution in [2.45, 2.75) is 40.2 Å². The van der Waals surface area contributed by atoms with E-state index in [0.717, 1.165) is 22.0 Å². The molecule has 0 spiro atoms. The number of nitrogens with zero attached hydrogens (tertiary/aromatic N) is 2. The van der Waals surface area contributed by atoms with Gasteiger partial charge in [-0.15, -0.1) is 0 Å². The lowest BCUT2D eigenvalue weighted by Crippen LogP contribution is -2.47. The van der Waals surface area contributed by atoms with Gasteiger partial charge in [0.05, 0.1) is 5.56 Å². The van der Waals surface area contributed by atoms with Crippen LogP contribution in [0.4, 0.5) is 4.79 Å². The lowest BCUT2D eigenvalue weighted by Gasteiger charge is -2.24. The van der Waals surface area contributed by atoms with Crippen LogP contribution < -0.4 is 10.9 Å². The van der Waals surface area contributed by atoms with E-state index in [2.05, 4.69) is 10.9 Å². The Morgan fingerprint density at radius 1 is 1.07 bits per heavy atom. The van der Waals surface area contributed by atoms with Crippen LogP contribution in [0.15, 0.2) is 36.4 Å². The third kappa shape index (κ3) is 5.84. The number of carbonyl (C=O) groups excluding carboxylic acids is 3. The molecule has 2 aromatic rings. The van der Waals surface area contributed by atoms with Gasteiger partial charge in [-0.1, -0.05) is 18.2 Å². The molecule has 0 fully saturated rings. The molecule has 0 aliphatic carbocycles. The molecule has 1 aromatic heterocycles. The van der Waals surface area contributed by atoms with Crippen LogP contribution in [0.2, 0.25) is 0 Å². The van der Waals surface area contributed by atoms with Crippen molar-refractivity contribution in [1.29, 1.82) is 0 Å². The van der Waals surface area contributed by atoms with Crippen LogP contribution >= 0.6 is 0 Å². The zero-order valence-electron chi connectivity index (χ0n) is 17.7. The molecule has 1 aromatic carbocycles. The Kier molecular flexibility index (Phi) is 6.68.